The van der Waals surface area contributed by atoms with Crippen molar-refractivity contribution in [3.63, 3.8) is 0 Å². The Hall–Kier alpha value is -0.900. The topological polar surface area (TPSA) is 32.5 Å². The molecular weight excluding hydrogens is 186 g/mol. The summed E-state index contributed by atoms with van der Waals surface area (Å²) in [6.45, 7) is 5.34. The highest BCUT2D eigenvalue weighted by Gasteiger charge is 2.13. The molecule has 0 aromatic heterocycles. The van der Waals surface area contributed by atoms with Gasteiger partial charge in [-0.05, 0) is 12.0 Å². The minimum Gasteiger partial charge on any atom is -0.300 e. The number of nitrogens with zero attached hydrogens (tertiary/aromatic N) is 2. The minimum absolute atomic E-state index is 0.995. The maximum absolute atomic E-state index is 5.71. The van der Waals surface area contributed by atoms with E-state index in [1.54, 1.807) is 0 Å². The standard InChI is InChI=1S/C12H19N3/c13-15-10-8-14(9-11-15)7-6-12-4-2-1-3-5-12/h1-5H,6-11,13H2. The van der Waals surface area contributed by atoms with Crippen molar-refractivity contribution in [3.8, 4) is 0 Å². The third-order valence-electron chi connectivity index (χ3n) is 2.97. The van der Waals surface area contributed by atoms with Crippen LogP contribution in [0.3, 0.4) is 0 Å². The second-order valence-corrected chi connectivity index (χ2v) is 4.11. The van der Waals surface area contributed by atoms with E-state index in [1.807, 2.05) is 5.01 Å². The van der Waals surface area contributed by atoms with Gasteiger partial charge in [0.15, 0.2) is 0 Å². The fourth-order valence-corrected chi connectivity index (χ4v) is 1.92. The van der Waals surface area contributed by atoms with Crippen molar-refractivity contribution < 1.29 is 0 Å². The number of benzene rings is 1. The average molecular weight is 205 g/mol. The molecule has 1 saturated heterocycles. The zero-order chi connectivity index (χ0) is 10.5. The molecule has 3 heteroatoms. The zero-order valence-corrected chi connectivity index (χ0v) is 9.10. The normalized spacial score (nSPS) is 19.3. The molecule has 15 heavy (non-hydrogen) atoms. The van der Waals surface area contributed by atoms with Crippen LogP contribution in [0.5, 0.6) is 0 Å². The average Bonchev–Trinajstić information content (AvgIpc) is 2.30. The van der Waals surface area contributed by atoms with E-state index in [1.165, 1.54) is 5.56 Å². The molecule has 2 N–H and O–H groups in total. The Morgan fingerprint density at radius 3 is 2.33 bits per heavy atom. The van der Waals surface area contributed by atoms with Crippen LogP contribution in [0.15, 0.2) is 30.3 Å². The summed E-state index contributed by atoms with van der Waals surface area (Å²) in [5.41, 5.74) is 1.42. The van der Waals surface area contributed by atoms with E-state index in [-0.39, 0.29) is 0 Å². The Kier molecular flexibility index (Phi) is 3.72. The van der Waals surface area contributed by atoms with Gasteiger partial charge in [0.05, 0.1) is 0 Å². The van der Waals surface area contributed by atoms with Crippen LogP contribution in [-0.4, -0.2) is 42.6 Å². The summed E-state index contributed by atoms with van der Waals surface area (Å²) >= 11 is 0. The Bertz CT molecular complexity index is 278. The molecule has 0 unspecified atom stereocenters. The second kappa shape index (κ2) is 5.26. The van der Waals surface area contributed by atoms with Crippen molar-refractivity contribution in [1.29, 1.82) is 0 Å². The Morgan fingerprint density at radius 2 is 1.67 bits per heavy atom. The lowest BCUT2D eigenvalue weighted by Crippen LogP contribution is -2.49. The lowest BCUT2D eigenvalue weighted by atomic mass is 10.1. The van der Waals surface area contributed by atoms with Crippen molar-refractivity contribution in [1.82, 2.24) is 9.91 Å². The van der Waals surface area contributed by atoms with Gasteiger partial charge in [0.25, 0.3) is 0 Å². The second-order valence-electron chi connectivity index (χ2n) is 4.11. The summed E-state index contributed by atoms with van der Waals surface area (Å²) in [5.74, 6) is 5.71. The van der Waals surface area contributed by atoms with E-state index in [9.17, 15) is 0 Å². The number of hydrogen-bond donors (Lipinski definition) is 1. The molecule has 0 spiro atoms. The Balaban J connectivity index is 1.74. The molecule has 1 heterocycles. The molecule has 0 atom stereocenters. The molecule has 0 amide bonds. The maximum Gasteiger partial charge on any atom is 0.0257 e. The summed E-state index contributed by atoms with van der Waals surface area (Å²) in [4.78, 5) is 2.48. The number of rotatable bonds is 3. The van der Waals surface area contributed by atoms with Gasteiger partial charge in [-0.15, -0.1) is 0 Å². The van der Waals surface area contributed by atoms with E-state index in [4.69, 9.17) is 5.84 Å². The third-order valence-corrected chi connectivity index (χ3v) is 2.97. The minimum atomic E-state index is 0.995. The quantitative estimate of drug-likeness (QED) is 0.738. The summed E-state index contributed by atoms with van der Waals surface area (Å²) < 4.78 is 0. The maximum atomic E-state index is 5.71. The van der Waals surface area contributed by atoms with Crippen LogP contribution in [0.25, 0.3) is 0 Å². The van der Waals surface area contributed by atoms with Gasteiger partial charge in [0.2, 0.25) is 0 Å². The van der Waals surface area contributed by atoms with Crippen LogP contribution >= 0.6 is 0 Å². The van der Waals surface area contributed by atoms with Crippen LogP contribution in [0.4, 0.5) is 0 Å². The smallest absolute Gasteiger partial charge is 0.0257 e. The zero-order valence-electron chi connectivity index (χ0n) is 9.10. The first-order valence-electron chi connectivity index (χ1n) is 5.60. The molecule has 0 radical (unpaired) electrons. The third kappa shape index (κ3) is 3.30. The molecule has 0 saturated carbocycles. The largest absolute Gasteiger partial charge is 0.300 e. The molecule has 1 aromatic rings. The summed E-state index contributed by atoms with van der Waals surface area (Å²) in [5, 5.41) is 1.90. The highest BCUT2D eigenvalue weighted by Crippen LogP contribution is 2.03. The summed E-state index contributed by atoms with van der Waals surface area (Å²) in [6, 6.07) is 10.7. The molecule has 2 rings (SSSR count). The van der Waals surface area contributed by atoms with Crippen LogP contribution < -0.4 is 5.84 Å². The highest BCUT2D eigenvalue weighted by atomic mass is 15.4. The molecule has 1 aliphatic heterocycles. The number of hydrogen-bond acceptors (Lipinski definition) is 3. The number of piperazine rings is 1. The van der Waals surface area contributed by atoms with Crippen LogP contribution in [-0.2, 0) is 6.42 Å². The first-order valence-corrected chi connectivity index (χ1v) is 5.60. The van der Waals surface area contributed by atoms with E-state index in [0.717, 1.165) is 39.1 Å². The molecule has 3 nitrogen and oxygen atoms in total. The predicted octanol–water partition coefficient (Wildman–Crippen LogP) is 0.720. The molecule has 1 aromatic carbocycles. The van der Waals surface area contributed by atoms with Gasteiger partial charge in [-0.2, -0.15) is 0 Å². The Morgan fingerprint density at radius 1 is 1.00 bits per heavy atom. The fraction of sp³-hybridized carbons (Fsp3) is 0.500. The van der Waals surface area contributed by atoms with Crippen molar-refractivity contribution in [2.24, 2.45) is 5.84 Å². The van der Waals surface area contributed by atoms with Gasteiger partial charge < -0.3 is 4.90 Å². The first kappa shape index (κ1) is 10.6. The monoisotopic (exact) mass is 205 g/mol. The molecule has 82 valence electrons. The SMILES string of the molecule is NN1CCN(CCc2ccccc2)CC1. The molecule has 0 bridgehead atoms. The van der Waals surface area contributed by atoms with Gasteiger partial charge in [0, 0.05) is 32.7 Å². The number of nitrogens with two attached hydrogens (primary N) is 1. The van der Waals surface area contributed by atoms with Crippen molar-refractivity contribution >= 4 is 0 Å². The van der Waals surface area contributed by atoms with Gasteiger partial charge in [-0.25, -0.2) is 5.01 Å². The van der Waals surface area contributed by atoms with Crippen molar-refractivity contribution in [2.45, 2.75) is 6.42 Å². The Labute approximate surface area is 91.4 Å². The van der Waals surface area contributed by atoms with Gasteiger partial charge >= 0.3 is 0 Å². The van der Waals surface area contributed by atoms with E-state index >= 15 is 0 Å². The van der Waals surface area contributed by atoms with E-state index < -0.39 is 0 Å². The lowest BCUT2D eigenvalue weighted by molar-refractivity contribution is 0.135. The van der Waals surface area contributed by atoms with Gasteiger partial charge in [-0.3, -0.25) is 5.84 Å². The highest BCUT2D eigenvalue weighted by molar-refractivity contribution is 5.14. The van der Waals surface area contributed by atoms with Crippen LogP contribution in [0.2, 0.25) is 0 Å². The fourth-order valence-electron chi connectivity index (χ4n) is 1.92. The molecule has 1 aliphatic rings. The van der Waals surface area contributed by atoms with E-state index in [2.05, 4.69) is 35.2 Å². The van der Waals surface area contributed by atoms with Crippen LogP contribution in [0, 0.1) is 0 Å². The molecular formula is C12H19N3. The molecule has 1 fully saturated rings. The number of hydrazine groups is 1. The van der Waals surface area contributed by atoms with Crippen molar-refractivity contribution in [2.75, 3.05) is 32.7 Å². The molecule has 0 aliphatic carbocycles. The van der Waals surface area contributed by atoms with Gasteiger partial charge in [-0.1, -0.05) is 30.3 Å². The predicted molar refractivity (Wildman–Crippen MR) is 62.3 cm³/mol. The van der Waals surface area contributed by atoms with Crippen molar-refractivity contribution in [3.05, 3.63) is 35.9 Å². The lowest BCUT2D eigenvalue weighted by Gasteiger charge is -2.31. The summed E-state index contributed by atoms with van der Waals surface area (Å²) in [7, 11) is 0. The summed E-state index contributed by atoms with van der Waals surface area (Å²) in [6.07, 6.45) is 1.14. The first-order chi connectivity index (χ1) is 7.34. The van der Waals surface area contributed by atoms with Crippen LogP contribution in [0.1, 0.15) is 5.56 Å². The van der Waals surface area contributed by atoms with E-state index in [0.29, 0.717) is 0 Å². The van der Waals surface area contributed by atoms with Gasteiger partial charge in [0.1, 0.15) is 0 Å².